The first-order valence-corrected chi connectivity index (χ1v) is 12.9. The minimum absolute atomic E-state index is 0.0375. The predicted molar refractivity (Wildman–Crippen MR) is 143 cm³/mol. The molecule has 0 saturated heterocycles. The van der Waals surface area contributed by atoms with E-state index in [1.54, 1.807) is 18.2 Å². The fourth-order valence-electron chi connectivity index (χ4n) is 4.58. The predicted octanol–water partition coefficient (Wildman–Crippen LogP) is 4.91. The van der Waals surface area contributed by atoms with E-state index < -0.39 is 0 Å². The number of aryl methyl sites for hydroxylation is 1. The van der Waals surface area contributed by atoms with Crippen molar-refractivity contribution < 1.29 is 14.6 Å². The van der Waals surface area contributed by atoms with Crippen molar-refractivity contribution in [3.8, 4) is 23.1 Å². The summed E-state index contributed by atoms with van der Waals surface area (Å²) in [7, 11) is 2.02. The molecule has 7 nitrogen and oxygen atoms in total. The molecule has 1 saturated carbocycles. The van der Waals surface area contributed by atoms with Crippen LogP contribution < -0.4 is 10.1 Å². The van der Waals surface area contributed by atoms with E-state index in [0.29, 0.717) is 29.7 Å². The highest BCUT2D eigenvalue weighted by atomic mass is 16.5. The largest absolute Gasteiger partial charge is 0.489 e. The Bertz CT molecular complexity index is 1280. The van der Waals surface area contributed by atoms with Gasteiger partial charge in [-0.15, -0.1) is 0 Å². The summed E-state index contributed by atoms with van der Waals surface area (Å²) in [5.74, 6) is 1.28. The average molecular weight is 501 g/mol. The number of imidazole rings is 1. The topological polar surface area (TPSA) is 100 Å². The highest BCUT2D eigenvalue weighted by Crippen LogP contribution is 2.28. The second-order valence-electron chi connectivity index (χ2n) is 10.9. The van der Waals surface area contributed by atoms with Gasteiger partial charge < -0.3 is 19.7 Å². The number of nitriles is 1. The Labute approximate surface area is 219 Å². The van der Waals surface area contributed by atoms with E-state index in [1.807, 2.05) is 37.5 Å². The molecular formula is C30H36N4O3. The molecule has 1 heterocycles. The number of amides is 1. The molecule has 2 aromatic carbocycles. The Balaban J connectivity index is 1.43. The summed E-state index contributed by atoms with van der Waals surface area (Å²) in [6.45, 7) is 6.41. The maximum atomic E-state index is 13.0. The van der Waals surface area contributed by atoms with Gasteiger partial charge >= 0.3 is 0 Å². The first-order valence-electron chi connectivity index (χ1n) is 12.9. The molecule has 1 aliphatic carbocycles. The van der Waals surface area contributed by atoms with Crippen molar-refractivity contribution in [1.82, 2.24) is 14.9 Å². The quantitative estimate of drug-likeness (QED) is 0.435. The van der Waals surface area contributed by atoms with Crippen molar-refractivity contribution in [3.05, 3.63) is 71.2 Å². The van der Waals surface area contributed by atoms with Crippen molar-refractivity contribution in [3.63, 3.8) is 0 Å². The zero-order chi connectivity index (χ0) is 26.6. The van der Waals surface area contributed by atoms with Crippen LogP contribution in [0.15, 0.2) is 48.7 Å². The van der Waals surface area contributed by atoms with Crippen LogP contribution in [0.3, 0.4) is 0 Å². The fourth-order valence-corrected chi connectivity index (χ4v) is 4.58. The van der Waals surface area contributed by atoms with E-state index in [4.69, 9.17) is 9.72 Å². The van der Waals surface area contributed by atoms with Crippen molar-refractivity contribution >= 4 is 5.91 Å². The van der Waals surface area contributed by atoms with Crippen LogP contribution in [0.25, 0.3) is 11.3 Å². The SMILES string of the molecule is Cn1cc(-c2ccc(C[C@@H](CCO)NC(=O)c3ccc(OC4CCC4)c(C#N)c3)cc2)nc1C(C)(C)C. The van der Waals surface area contributed by atoms with Gasteiger partial charge in [0.2, 0.25) is 0 Å². The summed E-state index contributed by atoms with van der Waals surface area (Å²) >= 11 is 0. The molecule has 1 aromatic heterocycles. The monoisotopic (exact) mass is 500 g/mol. The van der Waals surface area contributed by atoms with E-state index >= 15 is 0 Å². The maximum absolute atomic E-state index is 13.0. The molecular weight excluding hydrogens is 464 g/mol. The third-order valence-corrected chi connectivity index (χ3v) is 6.80. The van der Waals surface area contributed by atoms with Crippen molar-refractivity contribution in [2.75, 3.05) is 6.61 Å². The standard InChI is InChI=1S/C30H36N4O3/c1-30(2,3)29-33-26(19-34(29)4)21-10-8-20(9-11-21)16-24(14-15-35)32-28(36)22-12-13-27(23(17-22)18-31)37-25-6-5-7-25/h8-13,17,19,24-25,35H,5-7,14-16H2,1-4H3,(H,32,36)/t24-/m1/s1. The summed E-state index contributed by atoms with van der Waals surface area (Å²) < 4.78 is 7.95. The molecule has 3 aromatic rings. The van der Waals surface area contributed by atoms with E-state index in [1.165, 1.54) is 0 Å². The second kappa shape index (κ2) is 11.2. The van der Waals surface area contributed by atoms with Crippen LogP contribution in [0.4, 0.5) is 0 Å². The number of aliphatic hydroxyl groups is 1. The van der Waals surface area contributed by atoms with Crippen LogP contribution in [0.5, 0.6) is 5.75 Å². The molecule has 37 heavy (non-hydrogen) atoms. The van der Waals surface area contributed by atoms with Crippen LogP contribution in [-0.4, -0.2) is 39.3 Å². The molecule has 1 atom stereocenters. The molecule has 1 amide bonds. The van der Waals surface area contributed by atoms with Gasteiger partial charge in [0.15, 0.2) is 0 Å². The lowest BCUT2D eigenvalue weighted by Gasteiger charge is -2.26. The zero-order valence-electron chi connectivity index (χ0n) is 22.1. The van der Waals surface area contributed by atoms with Crippen molar-refractivity contribution in [1.29, 1.82) is 5.26 Å². The Morgan fingerprint density at radius 2 is 1.97 bits per heavy atom. The molecule has 7 heteroatoms. The molecule has 0 spiro atoms. The zero-order valence-corrected chi connectivity index (χ0v) is 22.1. The third kappa shape index (κ3) is 6.39. The normalized spacial score (nSPS) is 14.5. The van der Waals surface area contributed by atoms with Gasteiger partial charge in [-0.05, 0) is 55.9 Å². The lowest BCUT2D eigenvalue weighted by molar-refractivity contribution is 0.0930. The Morgan fingerprint density at radius 3 is 2.54 bits per heavy atom. The summed E-state index contributed by atoms with van der Waals surface area (Å²) in [4.78, 5) is 17.8. The van der Waals surface area contributed by atoms with Crippen LogP contribution >= 0.6 is 0 Å². The number of carbonyl (C=O) groups excluding carboxylic acids is 1. The van der Waals surface area contributed by atoms with Gasteiger partial charge in [-0.2, -0.15) is 5.26 Å². The molecule has 1 aliphatic rings. The van der Waals surface area contributed by atoms with E-state index in [-0.39, 0.29) is 30.1 Å². The van der Waals surface area contributed by atoms with Gasteiger partial charge in [0.25, 0.3) is 5.91 Å². The summed E-state index contributed by atoms with van der Waals surface area (Å²) in [5, 5.41) is 22.2. The van der Waals surface area contributed by atoms with Gasteiger partial charge in [-0.3, -0.25) is 4.79 Å². The average Bonchev–Trinajstić information content (AvgIpc) is 3.24. The highest BCUT2D eigenvalue weighted by Gasteiger charge is 2.22. The van der Waals surface area contributed by atoms with Crippen molar-refractivity contribution in [2.24, 2.45) is 7.05 Å². The van der Waals surface area contributed by atoms with Crippen LogP contribution in [-0.2, 0) is 18.9 Å². The number of hydrogen-bond acceptors (Lipinski definition) is 5. The number of nitrogens with zero attached hydrogens (tertiary/aromatic N) is 3. The molecule has 1 fully saturated rings. The third-order valence-electron chi connectivity index (χ3n) is 6.80. The van der Waals surface area contributed by atoms with Crippen LogP contribution in [0.2, 0.25) is 0 Å². The molecule has 2 N–H and O–H groups in total. The van der Waals surface area contributed by atoms with Gasteiger partial charge in [0.05, 0.1) is 17.4 Å². The summed E-state index contributed by atoms with van der Waals surface area (Å²) in [6, 6.07) is 15.0. The Morgan fingerprint density at radius 1 is 1.24 bits per heavy atom. The number of rotatable bonds is 9. The first-order chi connectivity index (χ1) is 17.7. The number of benzene rings is 2. The van der Waals surface area contributed by atoms with E-state index in [9.17, 15) is 15.2 Å². The first kappa shape index (κ1) is 26.4. The van der Waals surface area contributed by atoms with Gasteiger partial charge in [-0.25, -0.2) is 4.98 Å². The molecule has 194 valence electrons. The number of aromatic nitrogens is 2. The number of carbonyl (C=O) groups is 1. The fraction of sp³-hybridized carbons (Fsp3) is 0.433. The van der Waals surface area contributed by atoms with Gasteiger partial charge in [0.1, 0.15) is 17.6 Å². The smallest absolute Gasteiger partial charge is 0.251 e. The highest BCUT2D eigenvalue weighted by molar-refractivity contribution is 5.95. The molecule has 0 unspecified atom stereocenters. The maximum Gasteiger partial charge on any atom is 0.251 e. The van der Waals surface area contributed by atoms with Gasteiger partial charge in [0, 0.05) is 42.4 Å². The van der Waals surface area contributed by atoms with E-state index in [2.05, 4.69) is 36.7 Å². The number of aliphatic hydroxyl groups excluding tert-OH is 1. The molecule has 0 radical (unpaired) electrons. The minimum Gasteiger partial charge on any atom is -0.489 e. The summed E-state index contributed by atoms with van der Waals surface area (Å²) in [5.41, 5.74) is 3.73. The number of ether oxygens (including phenoxy) is 1. The molecule has 0 bridgehead atoms. The number of hydrogen-bond donors (Lipinski definition) is 2. The van der Waals surface area contributed by atoms with E-state index in [0.717, 1.165) is 41.9 Å². The molecule has 4 rings (SSSR count). The van der Waals surface area contributed by atoms with Gasteiger partial charge in [-0.1, -0.05) is 45.0 Å². The van der Waals surface area contributed by atoms with Crippen molar-refractivity contribution in [2.45, 2.75) is 70.4 Å². The van der Waals surface area contributed by atoms with Crippen LogP contribution in [0, 0.1) is 11.3 Å². The second-order valence-corrected chi connectivity index (χ2v) is 10.9. The Kier molecular flexibility index (Phi) is 7.99. The number of nitrogens with one attached hydrogen (secondary N) is 1. The Hall–Kier alpha value is -3.63. The lowest BCUT2D eigenvalue weighted by atomic mass is 9.96. The summed E-state index contributed by atoms with van der Waals surface area (Å²) in [6.07, 6.45) is 6.34. The van der Waals surface area contributed by atoms with Crippen LogP contribution in [0.1, 0.15) is 73.8 Å². The molecule has 0 aliphatic heterocycles. The minimum atomic E-state index is -0.273. The lowest BCUT2D eigenvalue weighted by Crippen LogP contribution is -2.37.